The van der Waals surface area contributed by atoms with Crippen molar-refractivity contribution in [3.8, 4) is 0 Å². The van der Waals surface area contributed by atoms with Crippen molar-refractivity contribution in [1.82, 2.24) is 5.32 Å². The van der Waals surface area contributed by atoms with Gasteiger partial charge in [-0.1, -0.05) is 12.1 Å². The van der Waals surface area contributed by atoms with Gasteiger partial charge in [0.05, 0.1) is 5.92 Å². The van der Waals surface area contributed by atoms with E-state index < -0.39 is 5.97 Å². The average molecular weight is 249 g/mol. The molecule has 1 fully saturated rings. The van der Waals surface area contributed by atoms with Crippen LogP contribution in [-0.2, 0) is 11.2 Å². The summed E-state index contributed by atoms with van der Waals surface area (Å²) >= 11 is 0. The summed E-state index contributed by atoms with van der Waals surface area (Å²) in [6, 6.07) is 7.59. The minimum atomic E-state index is -0.713. The van der Waals surface area contributed by atoms with Crippen molar-refractivity contribution in [1.29, 1.82) is 0 Å². The Morgan fingerprint density at radius 1 is 1.61 bits per heavy atom. The van der Waals surface area contributed by atoms with E-state index in [1.807, 2.05) is 24.3 Å². The number of anilines is 1. The van der Waals surface area contributed by atoms with Crippen molar-refractivity contribution in [3.63, 3.8) is 0 Å². The zero-order valence-electron chi connectivity index (χ0n) is 10.2. The van der Waals surface area contributed by atoms with Crippen LogP contribution in [0.5, 0.6) is 0 Å². The van der Waals surface area contributed by atoms with Crippen LogP contribution in [0.1, 0.15) is 12.0 Å². The van der Waals surface area contributed by atoms with Crippen LogP contribution in [0, 0.1) is 11.8 Å². The zero-order chi connectivity index (χ0) is 13.0. The number of nitrogens with one attached hydrogen (secondary N) is 2. The number of nitrogen functional groups attached to an aromatic ring is 1. The third-order valence-corrected chi connectivity index (χ3v) is 3.53. The summed E-state index contributed by atoms with van der Waals surface area (Å²) in [6.07, 6.45) is 1.49. The van der Waals surface area contributed by atoms with E-state index in [1.54, 1.807) is 0 Å². The molecule has 2 atom stereocenters. The van der Waals surface area contributed by atoms with Gasteiger partial charge in [0.2, 0.25) is 0 Å². The average Bonchev–Trinajstić information content (AvgIpc) is 2.89. The lowest BCUT2D eigenvalue weighted by Gasteiger charge is -2.18. The van der Waals surface area contributed by atoms with E-state index in [1.165, 1.54) is 0 Å². The molecule has 5 nitrogen and oxygen atoms in total. The minimum Gasteiger partial charge on any atom is -0.481 e. The molecular weight excluding hydrogens is 230 g/mol. The number of carboxylic acids is 1. The molecule has 1 aliphatic rings. The topological polar surface area (TPSA) is 87.4 Å². The summed E-state index contributed by atoms with van der Waals surface area (Å²) < 4.78 is 0. The molecular formula is C13H19N3O2. The van der Waals surface area contributed by atoms with Gasteiger partial charge < -0.3 is 15.8 Å². The number of hydrogen-bond acceptors (Lipinski definition) is 4. The first-order chi connectivity index (χ1) is 8.70. The molecule has 5 heteroatoms. The number of carboxylic acid groups (broad SMARTS) is 1. The molecule has 18 heavy (non-hydrogen) atoms. The van der Waals surface area contributed by atoms with E-state index in [4.69, 9.17) is 5.84 Å². The van der Waals surface area contributed by atoms with Crippen LogP contribution in [0.4, 0.5) is 5.69 Å². The fourth-order valence-corrected chi connectivity index (χ4v) is 2.52. The molecule has 0 aromatic heterocycles. The van der Waals surface area contributed by atoms with Crippen LogP contribution < -0.4 is 16.6 Å². The van der Waals surface area contributed by atoms with Crippen molar-refractivity contribution in [2.24, 2.45) is 17.7 Å². The fraction of sp³-hybridized carbons (Fsp3) is 0.462. The molecule has 2 rings (SSSR count). The molecule has 0 spiro atoms. The van der Waals surface area contributed by atoms with Gasteiger partial charge in [-0.2, -0.15) is 0 Å². The first-order valence-corrected chi connectivity index (χ1v) is 6.20. The minimum absolute atomic E-state index is 0.219. The van der Waals surface area contributed by atoms with Crippen molar-refractivity contribution in [2.75, 3.05) is 18.5 Å². The number of nitrogens with two attached hydrogens (primary N) is 1. The van der Waals surface area contributed by atoms with Crippen LogP contribution in [0.15, 0.2) is 24.3 Å². The van der Waals surface area contributed by atoms with E-state index in [-0.39, 0.29) is 11.8 Å². The lowest BCUT2D eigenvalue weighted by Crippen LogP contribution is -2.27. The molecule has 1 saturated heterocycles. The molecule has 0 aliphatic carbocycles. The molecule has 0 bridgehead atoms. The van der Waals surface area contributed by atoms with Gasteiger partial charge >= 0.3 is 5.97 Å². The second-order valence-electron chi connectivity index (χ2n) is 4.75. The maximum Gasteiger partial charge on any atom is 0.307 e. The predicted octanol–water partition coefficient (Wildman–Crippen LogP) is 0.825. The lowest BCUT2D eigenvalue weighted by atomic mass is 9.86. The molecule has 0 unspecified atom stereocenters. The number of rotatable bonds is 5. The Hall–Kier alpha value is -1.59. The van der Waals surface area contributed by atoms with E-state index in [2.05, 4.69) is 10.7 Å². The van der Waals surface area contributed by atoms with Crippen LogP contribution in [-0.4, -0.2) is 24.2 Å². The molecule has 1 aliphatic heterocycles. The van der Waals surface area contributed by atoms with E-state index in [9.17, 15) is 9.90 Å². The molecule has 0 amide bonds. The summed E-state index contributed by atoms with van der Waals surface area (Å²) in [5.41, 5.74) is 4.39. The fourth-order valence-electron chi connectivity index (χ4n) is 2.52. The highest BCUT2D eigenvalue weighted by molar-refractivity contribution is 5.71. The van der Waals surface area contributed by atoms with Crippen molar-refractivity contribution in [2.45, 2.75) is 12.8 Å². The first kappa shape index (κ1) is 12.9. The Labute approximate surface area is 106 Å². The maximum absolute atomic E-state index is 11.4. The Balaban J connectivity index is 2.10. The Morgan fingerprint density at radius 3 is 3.06 bits per heavy atom. The molecule has 1 aromatic rings. The van der Waals surface area contributed by atoms with Gasteiger partial charge in [-0.25, -0.2) is 0 Å². The number of hydrogen-bond donors (Lipinski definition) is 4. The van der Waals surface area contributed by atoms with Gasteiger partial charge in [0.1, 0.15) is 0 Å². The summed E-state index contributed by atoms with van der Waals surface area (Å²) in [5, 5.41) is 12.6. The molecule has 0 radical (unpaired) electrons. The third kappa shape index (κ3) is 3.00. The summed E-state index contributed by atoms with van der Waals surface area (Å²) in [7, 11) is 0. The highest BCUT2D eigenvalue weighted by Crippen LogP contribution is 2.24. The largest absolute Gasteiger partial charge is 0.481 e. The van der Waals surface area contributed by atoms with Gasteiger partial charge in [-0.05, 0) is 49.5 Å². The second kappa shape index (κ2) is 5.84. The number of aliphatic carboxylic acids is 1. The Kier molecular flexibility index (Phi) is 4.17. The monoisotopic (exact) mass is 249 g/mol. The van der Waals surface area contributed by atoms with Gasteiger partial charge in [0.25, 0.3) is 0 Å². The molecule has 98 valence electrons. The van der Waals surface area contributed by atoms with Crippen LogP contribution in [0.2, 0.25) is 0 Å². The van der Waals surface area contributed by atoms with E-state index >= 15 is 0 Å². The van der Waals surface area contributed by atoms with Crippen molar-refractivity contribution in [3.05, 3.63) is 29.8 Å². The standard InChI is InChI=1S/C13H19N3O2/c14-16-11-3-1-2-9(6-11)7-12(13(17)18)10-4-5-15-8-10/h1-3,6,10,12,15-16H,4-5,7-8,14H2,(H,17,18)/t10-,12-/m0/s1. The maximum atomic E-state index is 11.4. The molecule has 1 heterocycles. The van der Waals surface area contributed by atoms with Crippen LogP contribution in [0.3, 0.4) is 0 Å². The van der Waals surface area contributed by atoms with Gasteiger partial charge in [0, 0.05) is 5.69 Å². The highest BCUT2D eigenvalue weighted by Gasteiger charge is 2.30. The van der Waals surface area contributed by atoms with Gasteiger partial charge in [-0.3, -0.25) is 10.6 Å². The number of hydrazine groups is 1. The van der Waals surface area contributed by atoms with Crippen LogP contribution in [0.25, 0.3) is 0 Å². The van der Waals surface area contributed by atoms with E-state index in [0.717, 1.165) is 30.8 Å². The Morgan fingerprint density at radius 2 is 2.44 bits per heavy atom. The third-order valence-electron chi connectivity index (χ3n) is 3.53. The zero-order valence-corrected chi connectivity index (χ0v) is 10.2. The number of benzene rings is 1. The molecule has 0 saturated carbocycles. The quantitative estimate of drug-likeness (QED) is 0.458. The normalized spacial score (nSPS) is 20.6. The first-order valence-electron chi connectivity index (χ1n) is 6.20. The molecule has 1 aromatic carbocycles. The smallest absolute Gasteiger partial charge is 0.307 e. The SMILES string of the molecule is NNc1cccc(C[C@H](C(=O)O)[C@H]2CCNC2)c1. The van der Waals surface area contributed by atoms with Crippen molar-refractivity contribution < 1.29 is 9.90 Å². The van der Waals surface area contributed by atoms with Gasteiger partial charge in [-0.15, -0.1) is 0 Å². The Bertz CT molecular complexity index is 416. The second-order valence-corrected chi connectivity index (χ2v) is 4.75. The van der Waals surface area contributed by atoms with E-state index in [0.29, 0.717) is 6.42 Å². The summed E-state index contributed by atoms with van der Waals surface area (Å²) in [5.74, 6) is 4.54. The van der Waals surface area contributed by atoms with Crippen molar-refractivity contribution >= 4 is 11.7 Å². The van der Waals surface area contributed by atoms with Crippen LogP contribution >= 0.6 is 0 Å². The van der Waals surface area contributed by atoms with Gasteiger partial charge in [0.15, 0.2) is 0 Å². The summed E-state index contributed by atoms with van der Waals surface area (Å²) in [4.78, 5) is 11.4. The number of carbonyl (C=O) groups is 1. The predicted molar refractivity (Wildman–Crippen MR) is 70.1 cm³/mol. The summed E-state index contributed by atoms with van der Waals surface area (Å²) in [6.45, 7) is 1.71. The highest BCUT2D eigenvalue weighted by atomic mass is 16.4. The lowest BCUT2D eigenvalue weighted by molar-refractivity contribution is -0.143. The molecule has 5 N–H and O–H groups in total.